The second-order valence-electron chi connectivity index (χ2n) is 5.41. The van der Waals surface area contributed by atoms with E-state index in [2.05, 4.69) is 15.0 Å². The van der Waals surface area contributed by atoms with Crippen molar-refractivity contribution in [2.24, 2.45) is 0 Å². The van der Waals surface area contributed by atoms with E-state index in [0.29, 0.717) is 24.9 Å². The summed E-state index contributed by atoms with van der Waals surface area (Å²) in [5, 5.41) is 9.74. The Morgan fingerprint density at radius 1 is 1.17 bits per heavy atom. The van der Waals surface area contributed by atoms with Crippen LogP contribution in [0, 0.1) is 0 Å². The zero-order chi connectivity index (χ0) is 16.4. The molecule has 3 rings (SSSR count). The van der Waals surface area contributed by atoms with Gasteiger partial charge in [-0.15, -0.1) is 0 Å². The Hall–Kier alpha value is -2.22. The second-order valence-corrected chi connectivity index (χ2v) is 5.41. The lowest BCUT2D eigenvalue weighted by Gasteiger charge is -2.31. The molecule has 1 atom stereocenters. The molecule has 2 aromatic rings. The first-order valence-corrected chi connectivity index (χ1v) is 7.23. The number of halogens is 3. The van der Waals surface area contributed by atoms with Crippen molar-refractivity contribution in [3.8, 4) is 11.4 Å². The first-order valence-electron chi connectivity index (χ1n) is 7.23. The number of aliphatic hydroxyl groups is 1. The molecule has 0 radical (unpaired) electrons. The van der Waals surface area contributed by atoms with Crippen LogP contribution in [0.4, 0.5) is 19.0 Å². The molecular formula is C15H15F3N4O. The molecule has 0 bridgehead atoms. The lowest BCUT2D eigenvalue weighted by atomic mass is 10.1. The molecule has 1 unspecified atom stereocenters. The predicted molar refractivity (Wildman–Crippen MR) is 77.7 cm³/mol. The first-order chi connectivity index (χ1) is 10.9. The molecule has 0 amide bonds. The van der Waals surface area contributed by atoms with Crippen LogP contribution in [0.15, 0.2) is 30.6 Å². The third kappa shape index (κ3) is 3.58. The van der Waals surface area contributed by atoms with E-state index in [0.717, 1.165) is 6.07 Å². The largest absolute Gasteiger partial charge is 0.433 e. The third-order valence-corrected chi connectivity index (χ3v) is 3.66. The van der Waals surface area contributed by atoms with Crippen molar-refractivity contribution >= 4 is 5.82 Å². The Morgan fingerprint density at radius 3 is 2.57 bits per heavy atom. The Labute approximate surface area is 130 Å². The van der Waals surface area contributed by atoms with Crippen molar-refractivity contribution in [3.05, 3.63) is 36.3 Å². The molecule has 1 aliphatic rings. The highest BCUT2D eigenvalue weighted by Gasteiger charge is 2.34. The molecule has 0 aromatic carbocycles. The molecule has 0 saturated carbocycles. The first kappa shape index (κ1) is 15.7. The van der Waals surface area contributed by atoms with Gasteiger partial charge in [-0.05, 0) is 25.0 Å². The maximum absolute atomic E-state index is 13.1. The van der Waals surface area contributed by atoms with Gasteiger partial charge in [0.25, 0.3) is 0 Å². The van der Waals surface area contributed by atoms with Gasteiger partial charge in [-0.25, -0.2) is 9.97 Å². The molecular weight excluding hydrogens is 309 g/mol. The van der Waals surface area contributed by atoms with Gasteiger partial charge < -0.3 is 10.0 Å². The molecule has 2 aromatic heterocycles. The van der Waals surface area contributed by atoms with Crippen molar-refractivity contribution in [2.45, 2.75) is 25.1 Å². The summed E-state index contributed by atoms with van der Waals surface area (Å²) in [5.74, 6) is 0.176. The van der Waals surface area contributed by atoms with E-state index in [1.807, 2.05) is 0 Å². The summed E-state index contributed by atoms with van der Waals surface area (Å²) in [4.78, 5) is 13.4. The number of nitrogens with zero attached hydrogens (tertiary/aromatic N) is 4. The van der Waals surface area contributed by atoms with Gasteiger partial charge in [-0.2, -0.15) is 13.2 Å². The van der Waals surface area contributed by atoms with Gasteiger partial charge in [0, 0.05) is 37.1 Å². The topological polar surface area (TPSA) is 62.1 Å². The van der Waals surface area contributed by atoms with Crippen molar-refractivity contribution in [3.63, 3.8) is 0 Å². The smallest absolute Gasteiger partial charge is 0.391 e. The summed E-state index contributed by atoms with van der Waals surface area (Å²) < 4.78 is 39.4. The lowest BCUT2D eigenvalue weighted by molar-refractivity contribution is -0.141. The molecule has 1 saturated heterocycles. The molecule has 0 spiro atoms. The normalized spacial score (nSPS) is 19.0. The average Bonchev–Trinajstić information content (AvgIpc) is 2.54. The number of rotatable bonds is 2. The van der Waals surface area contributed by atoms with Crippen LogP contribution >= 0.6 is 0 Å². The van der Waals surface area contributed by atoms with Crippen molar-refractivity contribution < 1.29 is 18.3 Å². The van der Waals surface area contributed by atoms with Crippen molar-refractivity contribution in [1.82, 2.24) is 15.0 Å². The summed E-state index contributed by atoms with van der Waals surface area (Å²) in [6.07, 6.45) is -0.819. The zero-order valence-electron chi connectivity index (χ0n) is 12.2. The number of alkyl halides is 3. The molecule has 0 aliphatic carbocycles. The number of hydrogen-bond acceptors (Lipinski definition) is 5. The molecule has 5 nitrogen and oxygen atoms in total. The quantitative estimate of drug-likeness (QED) is 0.920. The molecule has 1 aliphatic heterocycles. The number of β-amino-alcohol motifs (C(OH)–C–C–N with tert-alkyl or cyclic N) is 1. The minimum absolute atomic E-state index is 0.00251. The van der Waals surface area contributed by atoms with Crippen molar-refractivity contribution in [2.75, 3.05) is 18.0 Å². The van der Waals surface area contributed by atoms with Crippen LogP contribution in [0.5, 0.6) is 0 Å². The number of aromatic nitrogens is 3. The van der Waals surface area contributed by atoms with Crippen molar-refractivity contribution in [1.29, 1.82) is 0 Å². The number of hydrogen-bond donors (Lipinski definition) is 1. The summed E-state index contributed by atoms with van der Waals surface area (Å²) in [7, 11) is 0. The van der Waals surface area contributed by atoms with Crippen LogP contribution in [0.3, 0.4) is 0 Å². The van der Waals surface area contributed by atoms with Crippen LogP contribution in [0.1, 0.15) is 18.5 Å². The molecule has 122 valence electrons. The van der Waals surface area contributed by atoms with Crippen LogP contribution in [-0.4, -0.2) is 39.3 Å². The average molecular weight is 324 g/mol. The fourth-order valence-electron chi connectivity index (χ4n) is 2.53. The lowest BCUT2D eigenvalue weighted by Crippen LogP contribution is -2.39. The van der Waals surface area contributed by atoms with Gasteiger partial charge >= 0.3 is 6.18 Å². The highest BCUT2D eigenvalue weighted by atomic mass is 19.4. The Bertz CT molecular complexity index is 678. The molecule has 3 heterocycles. The minimum atomic E-state index is -4.56. The van der Waals surface area contributed by atoms with E-state index in [1.165, 1.54) is 12.4 Å². The van der Waals surface area contributed by atoms with Gasteiger partial charge in [0.05, 0.1) is 6.10 Å². The summed E-state index contributed by atoms with van der Waals surface area (Å²) in [5.41, 5.74) is -0.528. The summed E-state index contributed by atoms with van der Waals surface area (Å²) in [6.45, 7) is 0.825. The van der Waals surface area contributed by atoms with Gasteiger partial charge in [0.15, 0.2) is 11.5 Å². The SMILES string of the molecule is OC1CCCN(c2cc(C(F)(F)F)nc(-c3ccncc3)n2)C1. The van der Waals surface area contributed by atoms with E-state index in [9.17, 15) is 18.3 Å². The van der Waals surface area contributed by atoms with Crippen LogP contribution in [0.25, 0.3) is 11.4 Å². The maximum atomic E-state index is 13.1. The van der Waals surface area contributed by atoms with Gasteiger partial charge in [-0.3, -0.25) is 4.98 Å². The highest BCUT2D eigenvalue weighted by Crippen LogP contribution is 2.32. The highest BCUT2D eigenvalue weighted by molar-refractivity contribution is 5.57. The number of piperidine rings is 1. The number of anilines is 1. The molecule has 23 heavy (non-hydrogen) atoms. The van der Waals surface area contributed by atoms with E-state index >= 15 is 0 Å². The second kappa shape index (κ2) is 6.11. The fraction of sp³-hybridized carbons (Fsp3) is 0.400. The Morgan fingerprint density at radius 2 is 1.91 bits per heavy atom. The maximum Gasteiger partial charge on any atom is 0.433 e. The van der Waals surface area contributed by atoms with E-state index in [4.69, 9.17) is 0 Å². The van der Waals surface area contributed by atoms with E-state index in [1.54, 1.807) is 17.0 Å². The minimum Gasteiger partial charge on any atom is -0.391 e. The van der Waals surface area contributed by atoms with Crippen LogP contribution < -0.4 is 4.90 Å². The number of aliphatic hydroxyl groups excluding tert-OH is 1. The summed E-state index contributed by atoms with van der Waals surface area (Å²) >= 11 is 0. The van der Waals surface area contributed by atoms with E-state index in [-0.39, 0.29) is 18.2 Å². The van der Waals surface area contributed by atoms with Crippen LogP contribution in [0.2, 0.25) is 0 Å². The molecule has 1 N–H and O–H groups in total. The van der Waals surface area contributed by atoms with Gasteiger partial charge in [-0.1, -0.05) is 0 Å². The van der Waals surface area contributed by atoms with Crippen LogP contribution in [-0.2, 0) is 6.18 Å². The zero-order valence-corrected chi connectivity index (χ0v) is 12.2. The monoisotopic (exact) mass is 324 g/mol. The van der Waals surface area contributed by atoms with Gasteiger partial charge in [0.2, 0.25) is 0 Å². The molecule has 1 fully saturated rings. The Kier molecular flexibility index (Phi) is 4.16. The van der Waals surface area contributed by atoms with E-state index < -0.39 is 18.0 Å². The fourth-order valence-corrected chi connectivity index (χ4v) is 2.53. The Balaban J connectivity index is 2.05. The third-order valence-electron chi connectivity index (χ3n) is 3.66. The standard InChI is InChI=1S/C15H15F3N4O/c16-15(17,18)12-8-13(22-7-1-2-11(23)9-22)21-14(20-12)10-3-5-19-6-4-10/h3-6,8,11,23H,1-2,7,9H2. The van der Waals surface area contributed by atoms with Gasteiger partial charge in [0.1, 0.15) is 5.82 Å². The number of pyridine rings is 1. The predicted octanol–water partition coefficient (Wildman–Crippen LogP) is 2.52. The summed E-state index contributed by atoms with van der Waals surface area (Å²) in [6, 6.07) is 4.05. The molecule has 8 heteroatoms.